The number of benzene rings is 1. The Morgan fingerprint density at radius 1 is 1.25 bits per heavy atom. The quantitative estimate of drug-likeness (QED) is 0.566. The summed E-state index contributed by atoms with van der Waals surface area (Å²) in [5.41, 5.74) is -1.29. The first kappa shape index (κ1) is 12.8. The van der Waals surface area contributed by atoms with E-state index in [0.29, 0.717) is 12.5 Å². The predicted octanol–water partition coefficient (Wildman–Crippen LogP) is 4.02. The Kier molecular flexibility index (Phi) is 4.15. The van der Waals surface area contributed by atoms with Gasteiger partial charge in [-0.05, 0) is 18.6 Å². The summed E-state index contributed by atoms with van der Waals surface area (Å²) in [6.07, 6.45) is -3.18. The van der Waals surface area contributed by atoms with Crippen LogP contribution in [0.5, 0.6) is 5.75 Å². The molecule has 0 bridgehead atoms. The molecule has 0 radical (unpaired) electrons. The highest BCUT2D eigenvalue weighted by atomic mass is 19.4. The number of unbranched alkanes of at least 4 members (excludes halogenated alkanes) is 1. The average molecular weight is 236 g/mol. The highest BCUT2D eigenvalue weighted by molar-refractivity contribution is 5.32. The maximum absolute atomic E-state index is 13.4. The van der Waals surface area contributed by atoms with Gasteiger partial charge in [-0.25, -0.2) is 4.39 Å². The van der Waals surface area contributed by atoms with Crippen LogP contribution in [0.15, 0.2) is 18.2 Å². The van der Waals surface area contributed by atoms with Crippen LogP contribution >= 0.6 is 0 Å². The van der Waals surface area contributed by atoms with E-state index in [1.165, 1.54) is 6.07 Å². The van der Waals surface area contributed by atoms with Gasteiger partial charge in [0.05, 0.1) is 12.2 Å². The third-order valence-corrected chi connectivity index (χ3v) is 2.02. The van der Waals surface area contributed by atoms with Crippen molar-refractivity contribution in [2.75, 3.05) is 6.61 Å². The fourth-order valence-corrected chi connectivity index (χ4v) is 1.17. The van der Waals surface area contributed by atoms with Crippen molar-refractivity contribution < 1.29 is 22.3 Å². The molecule has 5 heteroatoms. The van der Waals surface area contributed by atoms with E-state index >= 15 is 0 Å². The molecule has 0 aliphatic carbocycles. The molecular weight excluding hydrogens is 224 g/mol. The summed E-state index contributed by atoms with van der Waals surface area (Å²) in [5.74, 6) is -1.69. The van der Waals surface area contributed by atoms with Crippen molar-refractivity contribution in [3.8, 4) is 5.75 Å². The van der Waals surface area contributed by atoms with Crippen molar-refractivity contribution in [3.63, 3.8) is 0 Å². The molecule has 0 N–H and O–H groups in total. The van der Waals surface area contributed by atoms with Gasteiger partial charge in [-0.1, -0.05) is 19.4 Å². The van der Waals surface area contributed by atoms with Crippen LogP contribution < -0.4 is 4.74 Å². The zero-order valence-electron chi connectivity index (χ0n) is 8.77. The van der Waals surface area contributed by atoms with E-state index in [4.69, 9.17) is 4.74 Å². The number of ether oxygens (including phenoxy) is 1. The van der Waals surface area contributed by atoms with Gasteiger partial charge in [-0.15, -0.1) is 0 Å². The largest absolute Gasteiger partial charge is 0.491 e. The number of alkyl halides is 3. The lowest BCUT2D eigenvalue weighted by molar-refractivity contribution is -0.140. The number of hydrogen-bond acceptors (Lipinski definition) is 1. The zero-order chi connectivity index (χ0) is 12.2. The fraction of sp³-hybridized carbons (Fsp3) is 0.455. The second kappa shape index (κ2) is 5.18. The van der Waals surface area contributed by atoms with E-state index in [0.717, 1.165) is 12.5 Å². The molecule has 0 fully saturated rings. The minimum Gasteiger partial charge on any atom is -0.491 e. The lowest BCUT2D eigenvalue weighted by atomic mass is 10.2. The second-order valence-electron chi connectivity index (χ2n) is 3.32. The Labute approximate surface area is 91.0 Å². The van der Waals surface area contributed by atoms with Crippen molar-refractivity contribution >= 4 is 0 Å². The third-order valence-electron chi connectivity index (χ3n) is 2.02. The Morgan fingerprint density at radius 3 is 2.50 bits per heavy atom. The van der Waals surface area contributed by atoms with Crippen molar-refractivity contribution in [3.05, 3.63) is 29.6 Å². The first-order chi connectivity index (χ1) is 7.46. The van der Waals surface area contributed by atoms with Crippen LogP contribution in [0.2, 0.25) is 0 Å². The normalized spacial score (nSPS) is 11.6. The minimum atomic E-state index is -4.69. The summed E-state index contributed by atoms with van der Waals surface area (Å²) in [4.78, 5) is 0. The van der Waals surface area contributed by atoms with Crippen LogP contribution in [0.1, 0.15) is 25.3 Å². The van der Waals surface area contributed by atoms with E-state index in [1.807, 2.05) is 6.92 Å². The molecular formula is C11H12F4O. The van der Waals surface area contributed by atoms with Crippen LogP contribution in [-0.4, -0.2) is 6.61 Å². The number of halogens is 4. The van der Waals surface area contributed by atoms with Gasteiger partial charge in [0.25, 0.3) is 0 Å². The molecule has 0 aromatic heterocycles. The molecule has 0 saturated heterocycles. The van der Waals surface area contributed by atoms with Gasteiger partial charge >= 0.3 is 6.18 Å². The molecule has 90 valence electrons. The maximum Gasteiger partial charge on any atom is 0.419 e. The molecule has 1 aromatic rings. The monoisotopic (exact) mass is 236 g/mol. The smallest absolute Gasteiger partial charge is 0.419 e. The molecule has 0 aliphatic rings. The van der Waals surface area contributed by atoms with Gasteiger partial charge in [-0.2, -0.15) is 13.2 Å². The van der Waals surface area contributed by atoms with Crippen LogP contribution in [0, 0.1) is 5.82 Å². The topological polar surface area (TPSA) is 9.23 Å². The highest BCUT2D eigenvalue weighted by Crippen LogP contribution is 2.34. The molecule has 0 saturated carbocycles. The molecule has 16 heavy (non-hydrogen) atoms. The summed E-state index contributed by atoms with van der Waals surface area (Å²) in [5, 5.41) is 0. The molecule has 0 spiro atoms. The van der Waals surface area contributed by atoms with Crippen LogP contribution in [0.3, 0.4) is 0 Å². The molecule has 0 atom stereocenters. The lowest BCUT2D eigenvalue weighted by Crippen LogP contribution is -2.09. The summed E-state index contributed by atoms with van der Waals surface area (Å²) < 4.78 is 55.3. The van der Waals surface area contributed by atoms with Crippen molar-refractivity contribution in [2.24, 2.45) is 0 Å². The summed E-state index contributed by atoms with van der Waals surface area (Å²) >= 11 is 0. The summed E-state index contributed by atoms with van der Waals surface area (Å²) in [7, 11) is 0. The summed E-state index contributed by atoms with van der Waals surface area (Å²) in [6, 6.07) is 3.02. The van der Waals surface area contributed by atoms with Crippen LogP contribution in [0.4, 0.5) is 17.6 Å². The second-order valence-corrected chi connectivity index (χ2v) is 3.32. The van der Waals surface area contributed by atoms with Crippen LogP contribution in [-0.2, 0) is 6.18 Å². The Morgan fingerprint density at radius 2 is 1.94 bits per heavy atom. The van der Waals surface area contributed by atoms with E-state index in [9.17, 15) is 17.6 Å². The van der Waals surface area contributed by atoms with E-state index in [2.05, 4.69) is 0 Å². The van der Waals surface area contributed by atoms with Gasteiger partial charge in [-0.3, -0.25) is 0 Å². The van der Waals surface area contributed by atoms with E-state index in [-0.39, 0.29) is 12.4 Å². The van der Waals surface area contributed by atoms with E-state index < -0.39 is 17.6 Å². The minimum absolute atomic E-state index is 0.217. The van der Waals surface area contributed by atoms with Crippen LogP contribution in [0.25, 0.3) is 0 Å². The maximum atomic E-state index is 13.4. The lowest BCUT2D eigenvalue weighted by Gasteiger charge is -2.11. The van der Waals surface area contributed by atoms with Gasteiger partial charge in [0, 0.05) is 0 Å². The molecule has 1 aromatic carbocycles. The van der Waals surface area contributed by atoms with Gasteiger partial charge in [0.2, 0.25) is 0 Å². The number of rotatable bonds is 4. The number of hydrogen-bond donors (Lipinski definition) is 0. The van der Waals surface area contributed by atoms with Gasteiger partial charge < -0.3 is 4.74 Å². The van der Waals surface area contributed by atoms with E-state index in [1.54, 1.807) is 0 Å². The predicted molar refractivity (Wildman–Crippen MR) is 51.8 cm³/mol. The van der Waals surface area contributed by atoms with Gasteiger partial charge in [0.1, 0.15) is 0 Å². The SMILES string of the molecule is CCCCOc1cccc(C(F)(F)F)c1F. The third kappa shape index (κ3) is 3.12. The van der Waals surface area contributed by atoms with Gasteiger partial charge in [0.15, 0.2) is 11.6 Å². The highest BCUT2D eigenvalue weighted by Gasteiger charge is 2.35. The first-order valence-electron chi connectivity index (χ1n) is 4.95. The molecule has 0 unspecified atom stereocenters. The first-order valence-corrected chi connectivity index (χ1v) is 4.95. The average Bonchev–Trinajstić information content (AvgIpc) is 2.19. The Bertz CT molecular complexity index is 346. The standard InChI is InChI=1S/C11H12F4O/c1-2-3-7-16-9-6-4-5-8(10(9)12)11(13,14)15/h4-6H,2-3,7H2,1H3. The van der Waals surface area contributed by atoms with Crippen molar-refractivity contribution in [2.45, 2.75) is 25.9 Å². The molecule has 0 amide bonds. The molecule has 1 nitrogen and oxygen atoms in total. The zero-order valence-corrected chi connectivity index (χ0v) is 8.77. The van der Waals surface area contributed by atoms with Crippen molar-refractivity contribution in [1.82, 2.24) is 0 Å². The molecule has 0 aliphatic heterocycles. The molecule has 1 rings (SSSR count). The Balaban J connectivity index is 2.87. The van der Waals surface area contributed by atoms with Crippen molar-refractivity contribution in [1.29, 1.82) is 0 Å². The molecule has 0 heterocycles. The fourth-order valence-electron chi connectivity index (χ4n) is 1.17. The Hall–Kier alpha value is -1.26. The summed E-state index contributed by atoms with van der Waals surface area (Å²) in [6.45, 7) is 2.13.